The summed E-state index contributed by atoms with van der Waals surface area (Å²) in [6.07, 6.45) is 4.98. The van der Waals surface area contributed by atoms with Crippen molar-refractivity contribution in [3.05, 3.63) is 73.2 Å². The van der Waals surface area contributed by atoms with E-state index in [2.05, 4.69) is 10.1 Å². The Hall–Kier alpha value is -3.05. The molecule has 0 fully saturated rings. The third kappa shape index (κ3) is 3.41. The molecular formula is C20H19N3O2. The highest BCUT2D eigenvalue weighted by Gasteiger charge is 2.10. The number of aromatic amines is 1. The Bertz CT molecular complexity index is 959. The molecular weight excluding hydrogens is 314 g/mol. The molecule has 126 valence electrons. The monoisotopic (exact) mass is 333 g/mol. The second-order valence-corrected chi connectivity index (χ2v) is 5.98. The number of hydrogen-bond acceptors (Lipinski definition) is 3. The first-order valence-electron chi connectivity index (χ1n) is 8.24. The molecule has 0 aliphatic heterocycles. The van der Waals surface area contributed by atoms with Crippen LogP contribution in [0.3, 0.4) is 0 Å². The zero-order valence-corrected chi connectivity index (χ0v) is 13.7. The lowest BCUT2D eigenvalue weighted by molar-refractivity contribution is 0.0901. The van der Waals surface area contributed by atoms with E-state index in [1.54, 1.807) is 4.68 Å². The third-order valence-electron chi connectivity index (χ3n) is 4.12. The number of rotatable bonds is 6. The van der Waals surface area contributed by atoms with Crippen LogP contribution >= 0.6 is 0 Å². The van der Waals surface area contributed by atoms with Crippen molar-refractivity contribution in [2.24, 2.45) is 0 Å². The summed E-state index contributed by atoms with van der Waals surface area (Å²) in [6.45, 7) is 0.598. The van der Waals surface area contributed by atoms with Crippen LogP contribution in [0.15, 0.2) is 73.2 Å². The van der Waals surface area contributed by atoms with Gasteiger partial charge in [0.2, 0.25) is 0 Å². The van der Waals surface area contributed by atoms with Gasteiger partial charge in [-0.25, -0.2) is 0 Å². The molecule has 4 aromatic rings. The number of hydrogen-bond donors (Lipinski definition) is 2. The van der Waals surface area contributed by atoms with E-state index in [0.717, 1.165) is 27.8 Å². The molecule has 0 aliphatic rings. The fourth-order valence-electron chi connectivity index (χ4n) is 2.88. The van der Waals surface area contributed by atoms with Crippen LogP contribution in [0, 0.1) is 0 Å². The summed E-state index contributed by atoms with van der Waals surface area (Å²) in [5.41, 5.74) is 3.16. The van der Waals surface area contributed by atoms with Gasteiger partial charge in [-0.1, -0.05) is 36.4 Å². The maximum atomic E-state index is 10.3. The predicted octanol–water partition coefficient (Wildman–Crippen LogP) is 3.47. The Morgan fingerprint density at radius 1 is 1.04 bits per heavy atom. The van der Waals surface area contributed by atoms with Crippen LogP contribution < -0.4 is 4.74 Å². The number of benzene rings is 2. The predicted molar refractivity (Wildman–Crippen MR) is 97.5 cm³/mol. The third-order valence-corrected chi connectivity index (χ3v) is 4.12. The average Bonchev–Trinajstić information content (AvgIpc) is 3.30. The normalized spacial score (nSPS) is 12.4. The Balaban J connectivity index is 1.39. The van der Waals surface area contributed by atoms with Crippen molar-refractivity contribution in [1.29, 1.82) is 0 Å². The number of nitrogens with one attached hydrogen (secondary N) is 1. The molecule has 0 spiro atoms. The van der Waals surface area contributed by atoms with E-state index in [9.17, 15) is 5.11 Å². The average molecular weight is 333 g/mol. The van der Waals surface area contributed by atoms with Gasteiger partial charge in [0.05, 0.1) is 12.7 Å². The summed E-state index contributed by atoms with van der Waals surface area (Å²) in [5.74, 6) is 0.767. The van der Waals surface area contributed by atoms with Gasteiger partial charge in [-0.05, 0) is 23.8 Å². The molecule has 2 aromatic carbocycles. The molecule has 2 aromatic heterocycles. The number of aliphatic hydroxyl groups is 1. The zero-order chi connectivity index (χ0) is 17.1. The van der Waals surface area contributed by atoms with Gasteiger partial charge >= 0.3 is 0 Å². The largest absolute Gasteiger partial charge is 0.490 e. The summed E-state index contributed by atoms with van der Waals surface area (Å²) in [4.78, 5) is 3.15. The van der Waals surface area contributed by atoms with E-state index in [0.29, 0.717) is 6.54 Å². The van der Waals surface area contributed by atoms with E-state index in [1.807, 2.05) is 73.2 Å². The second kappa shape index (κ2) is 6.83. The molecule has 0 radical (unpaired) electrons. The van der Waals surface area contributed by atoms with E-state index >= 15 is 0 Å². The van der Waals surface area contributed by atoms with E-state index in [-0.39, 0.29) is 6.61 Å². The lowest BCUT2D eigenvalue weighted by Gasteiger charge is -2.13. The standard InChI is InChI=1S/C20H19N3O2/c24-17(14-25-20-8-4-7-19-18(20)9-10-21-19)13-23-12-16(11-22-23)15-5-2-1-3-6-15/h1-12,17,21,24H,13-14H2. The number of nitrogens with zero attached hydrogens (tertiary/aromatic N) is 2. The first-order chi connectivity index (χ1) is 12.3. The highest BCUT2D eigenvalue weighted by molar-refractivity contribution is 5.85. The van der Waals surface area contributed by atoms with Gasteiger partial charge < -0.3 is 14.8 Å². The Labute approximate surface area is 145 Å². The van der Waals surface area contributed by atoms with Gasteiger partial charge in [0.15, 0.2) is 0 Å². The first kappa shape index (κ1) is 15.5. The molecule has 1 atom stereocenters. The molecule has 0 aliphatic carbocycles. The van der Waals surface area contributed by atoms with E-state index in [1.165, 1.54) is 0 Å². The molecule has 1 unspecified atom stereocenters. The number of ether oxygens (including phenoxy) is 1. The van der Waals surface area contributed by atoms with Crippen molar-refractivity contribution in [2.45, 2.75) is 12.6 Å². The van der Waals surface area contributed by atoms with Gasteiger partial charge in [0.1, 0.15) is 18.5 Å². The summed E-state index contributed by atoms with van der Waals surface area (Å²) in [5, 5.41) is 15.6. The molecule has 25 heavy (non-hydrogen) atoms. The van der Waals surface area contributed by atoms with Crippen LogP contribution in [0.2, 0.25) is 0 Å². The van der Waals surface area contributed by atoms with Gasteiger partial charge in [0.25, 0.3) is 0 Å². The number of H-pyrrole nitrogens is 1. The molecule has 5 heteroatoms. The van der Waals surface area contributed by atoms with Crippen molar-refractivity contribution < 1.29 is 9.84 Å². The van der Waals surface area contributed by atoms with Crippen LogP contribution in [0.4, 0.5) is 0 Å². The van der Waals surface area contributed by atoms with Crippen LogP contribution in [-0.2, 0) is 6.54 Å². The molecule has 2 heterocycles. The number of aromatic nitrogens is 3. The van der Waals surface area contributed by atoms with Crippen LogP contribution in [-0.4, -0.2) is 32.6 Å². The molecule has 0 bridgehead atoms. The molecule has 0 saturated heterocycles. The van der Waals surface area contributed by atoms with Crippen molar-refractivity contribution in [2.75, 3.05) is 6.61 Å². The van der Waals surface area contributed by atoms with Gasteiger partial charge in [-0.15, -0.1) is 0 Å². The molecule has 4 rings (SSSR count). The fourth-order valence-corrected chi connectivity index (χ4v) is 2.88. The smallest absolute Gasteiger partial charge is 0.128 e. The highest BCUT2D eigenvalue weighted by atomic mass is 16.5. The molecule has 2 N–H and O–H groups in total. The summed E-state index contributed by atoms with van der Waals surface area (Å²) in [6, 6.07) is 17.9. The number of fused-ring (bicyclic) bond motifs is 1. The van der Waals surface area contributed by atoms with Crippen LogP contribution in [0.1, 0.15) is 0 Å². The van der Waals surface area contributed by atoms with Gasteiger partial charge in [0, 0.05) is 28.9 Å². The van der Waals surface area contributed by atoms with Gasteiger partial charge in [-0.2, -0.15) is 5.10 Å². The Morgan fingerprint density at radius 2 is 1.92 bits per heavy atom. The summed E-state index contributed by atoms with van der Waals surface area (Å²) < 4.78 is 7.54. The first-order valence-corrected chi connectivity index (χ1v) is 8.24. The van der Waals surface area contributed by atoms with E-state index < -0.39 is 6.10 Å². The van der Waals surface area contributed by atoms with Crippen LogP contribution in [0.25, 0.3) is 22.0 Å². The van der Waals surface area contributed by atoms with Crippen molar-refractivity contribution >= 4 is 10.9 Å². The maximum absolute atomic E-state index is 10.3. The fraction of sp³-hybridized carbons (Fsp3) is 0.150. The van der Waals surface area contributed by atoms with E-state index in [4.69, 9.17) is 4.74 Å². The zero-order valence-electron chi connectivity index (χ0n) is 13.7. The highest BCUT2D eigenvalue weighted by Crippen LogP contribution is 2.24. The summed E-state index contributed by atoms with van der Waals surface area (Å²) >= 11 is 0. The van der Waals surface area contributed by atoms with Crippen molar-refractivity contribution in [1.82, 2.24) is 14.8 Å². The molecule has 0 saturated carbocycles. The minimum absolute atomic E-state index is 0.213. The Kier molecular flexibility index (Phi) is 4.23. The van der Waals surface area contributed by atoms with Crippen molar-refractivity contribution in [3.63, 3.8) is 0 Å². The second-order valence-electron chi connectivity index (χ2n) is 5.98. The quantitative estimate of drug-likeness (QED) is 0.568. The Morgan fingerprint density at radius 3 is 2.80 bits per heavy atom. The minimum Gasteiger partial charge on any atom is -0.490 e. The molecule has 0 amide bonds. The lowest BCUT2D eigenvalue weighted by atomic mass is 10.1. The summed E-state index contributed by atoms with van der Waals surface area (Å²) in [7, 11) is 0. The topological polar surface area (TPSA) is 63.1 Å². The molecule has 5 nitrogen and oxygen atoms in total. The van der Waals surface area contributed by atoms with Crippen molar-refractivity contribution in [3.8, 4) is 16.9 Å². The lowest BCUT2D eigenvalue weighted by Crippen LogP contribution is -2.23. The van der Waals surface area contributed by atoms with Gasteiger partial charge in [-0.3, -0.25) is 4.68 Å². The maximum Gasteiger partial charge on any atom is 0.128 e. The SMILES string of the molecule is OC(COc1cccc2[nH]ccc12)Cn1cc(-c2ccccc2)cn1. The minimum atomic E-state index is -0.641. The number of aliphatic hydroxyl groups excluding tert-OH is 1. The van der Waals surface area contributed by atoms with Crippen LogP contribution in [0.5, 0.6) is 5.75 Å².